The summed E-state index contributed by atoms with van der Waals surface area (Å²) in [4.78, 5) is 5.80. The lowest BCUT2D eigenvalue weighted by Gasteiger charge is -2.18. The first-order valence-electron chi connectivity index (χ1n) is 4.83. The Hall–Kier alpha value is -1.52. The molecule has 0 aliphatic carbocycles. The Morgan fingerprint density at radius 2 is 1.88 bits per heavy atom. The average Bonchev–Trinajstić information content (AvgIpc) is 2.33. The van der Waals surface area contributed by atoms with Crippen molar-refractivity contribution in [2.75, 3.05) is 4.90 Å². The predicted molar refractivity (Wildman–Crippen MR) is 71.4 cm³/mol. The fourth-order valence-corrected chi connectivity index (χ4v) is 1.77. The summed E-state index contributed by atoms with van der Waals surface area (Å²) in [5.74, 6) is 0.302. The molecule has 1 heterocycles. The van der Waals surface area contributed by atoms with Crippen LogP contribution < -0.4 is 4.90 Å². The smallest absolute Gasteiger partial charge is 0.139 e. The van der Waals surface area contributed by atoms with Gasteiger partial charge in [0.15, 0.2) is 0 Å². The van der Waals surface area contributed by atoms with Crippen LogP contribution in [0.3, 0.4) is 0 Å². The van der Waals surface area contributed by atoms with Crippen molar-refractivity contribution >= 4 is 40.8 Å². The number of thiocarbonyl (C=S) groups is 1. The van der Waals surface area contributed by atoms with E-state index in [0.29, 0.717) is 11.0 Å². The molecule has 0 aliphatic heterocycles. The number of halogens is 2. The number of aromatic nitrogens is 1. The molecule has 2 nitrogen and oxygen atoms in total. The van der Waals surface area contributed by atoms with Crippen molar-refractivity contribution in [3.63, 3.8) is 0 Å². The van der Waals surface area contributed by atoms with Gasteiger partial charge in [0.2, 0.25) is 0 Å². The van der Waals surface area contributed by atoms with Crippen LogP contribution >= 0.6 is 23.8 Å². The van der Waals surface area contributed by atoms with E-state index in [1.165, 1.54) is 17.6 Å². The zero-order valence-electron chi connectivity index (χ0n) is 8.68. The second-order valence-corrected chi connectivity index (χ2v) is 3.87. The van der Waals surface area contributed by atoms with E-state index in [4.69, 9.17) is 23.8 Å². The minimum absolute atomic E-state index is 0.294. The van der Waals surface area contributed by atoms with E-state index in [2.05, 4.69) is 4.98 Å². The molecule has 0 unspecified atom stereocenters. The van der Waals surface area contributed by atoms with Crippen molar-refractivity contribution in [2.24, 2.45) is 0 Å². The monoisotopic (exact) mass is 266 g/mol. The van der Waals surface area contributed by atoms with Crippen LogP contribution in [0, 0.1) is 5.82 Å². The van der Waals surface area contributed by atoms with Crippen LogP contribution in [0.25, 0.3) is 0 Å². The van der Waals surface area contributed by atoms with Crippen LogP contribution in [0.2, 0.25) is 5.15 Å². The molecule has 0 fully saturated rings. The molecule has 0 atom stereocenters. The molecule has 0 N–H and O–H groups in total. The Labute approximate surface area is 109 Å². The molecule has 0 aliphatic rings. The minimum Gasteiger partial charge on any atom is -0.292 e. The molecule has 2 rings (SSSR count). The molecule has 5 heteroatoms. The third-order valence-corrected chi connectivity index (χ3v) is 2.58. The van der Waals surface area contributed by atoms with E-state index < -0.39 is 0 Å². The summed E-state index contributed by atoms with van der Waals surface area (Å²) in [6.45, 7) is 0. The largest absolute Gasteiger partial charge is 0.292 e. The number of benzene rings is 1. The summed E-state index contributed by atoms with van der Waals surface area (Å²) in [5, 5.41) is 0.381. The van der Waals surface area contributed by atoms with Gasteiger partial charge in [0, 0.05) is 5.69 Å². The van der Waals surface area contributed by atoms with Gasteiger partial charge in [0.25, 0.3) is 0 Å². The molecule has 1 aromatic carbocycles. The maximum absolute atomic E-state index is 12.8. The Balaban J connectivity index is 2.40. The minimum atomic E-state index is -0.294. The summed E-state index contributed by atoms with van der Waals surface area (Å²) < 4.78 is 12.8. The molecule has 0 saturated heterocycles. The standard InChI is InChI=1S/C12H8ClFN2S/c13-11-2-1-3-12(15-11)16(8-17)10-6-4-9(14)5-7-10/h1-8H. The van der Waals surface area contributed by atoms with Crippen molar-refractivity contribution in [3.8, 4) is 0 Å². The van der Waals surface area contributed by atoms with Gasteiger partial charge in [-0.05, 0) is 36.4 Å². The predicted octanol–water partition coefficient (Wildman–Crippen LogP) is 3.97. The summed E-state index contributed by atoms with van der Waals surface area (Å²) >= 11 is 10.8. The normalized spacial score (nSPS) is 10.0. The van der Waals surface area contributed by atoms with Gasteiger partial charge >= 0.3 is 0 Å². The zero-order valence-corrected chi connectivity index (χ0v) is 10.2. The second-order valence-electron chi connectivity index (χ2n) is 3.27. The quantitative estimate of drug-likeness (QED) is 0.618. The third kappa shape index (κ3) is 2.78. The molecule has 0 radical (unpaired) electrons. The number of anilines is 2. The summed E-state index contributed by atoms with van der Waals surface area (Å²) in [5.41, 5.74) is 2.17. The molecule has 0 saturated carbocycles. The summed E-state index contributed by atoms with van der Waals surface area (Å²) in [7, 11) is 0. The number of pyridine rings is 1. The highest BCUT2D eigenvalue weighted by Gasteiger charge is 2.08. The maximum Gasteiger partial charge on any atom is 0.139 e. The van der Waals surface area contributed by atoms with Crippen LogP contribution in [0.1, 0.15) is 0 Å². The molecule has 1 aromatic heterocycles. The molecule has 0 spiro atoms. The number of hydrogen-bond acceptors (Lipinski definition) is 2. The van der Waals surface area contributed by atoms with Crippen molar-refractivity contribution in [1.82, 2.24) is 4.98 Å². The number of nitrogens with zero attached hydrogens (tertiary/aromatic N) is 2. The Morgan fingerprint density at radius 1 is 1.18 bits per heavy atom. The Kier molecular flexibility index (Phi) is 3.66. The van der Waals surface area contributed by atoms with Gasteiger partial charge in [-0.3, -0.25) is 4.90 Å². The molecule has 2 aromatic rings. The highest BCUT2D eigenvalue weighted by Crippen LogP contribution is 2.23. The van der Waals surface area contributed by atoms with Gasteiger partial charge in [0.05, 0.1) is 5.49 Å². The lowest BCUT2D eigenvalue weighted by molar-refractivity contribution is 0.628. The van der Waals surface area contributed by atoms with Crippen LogP contribution in [-0.2, 0) is 0 Å². The summed E-state index contributed by atoms with van der Waals surface area (Å²) in [6, 6.07) is 11.2. The zero-order chi connectivity index (χ0) is 12.3. The second kappa shape index (κ2) is 5.21. The van der Waals surface area contributed by atoms with Gasteiger partial charge in [0.1, 0.15) is 16.8 Å². The van der Waals surface area contributed by atoms with E-state index in [1.54, 1.807) is 35.2 Å². The van der Waals surface area contributed by atoms with Gasteiger partial charge in [-0.15, -0.1) is 0 Å². The van der Waals surface area contributed by atoms with Crippen LogP contribution in [-0.4, -0.2) is 10.5 Å². The van der Waals surface area contributed by atoms with E-state index in [-0.39, 0.29) is 5.82 Å². The highest BCUT2D eigenvalue weighted by molar-refractivity contribution is 7.79. The van der Waals surface area contributed by atoms with Crippen molar-refractivity contribution in [3.05, 3.63) is 53.4 Å². The molecule has 0 amide bonds. The van der Waals surface area contributed by atoms with E-state index in [0.717, 1.165) is 5.69 Å². The van der Waals surface area contributed by atoms with E-state index in [9.17, 15) is 4.39 Å². The van der Waals surface area contributed by atoms with Crippen molar-refractivity contribution in [1.29, 1.82) is 0 Å². The SMILES string of the molecule is Fc1ccc(N(C=S)c2cccc(Cl)n2)cc1. The first-order chi connectivity index (χ1) is 8.20. The van der Waals surface area contributed by atoms with Crippen molar-refractivity contribution < 1.29 is 4.39 Å². The molecular weight excluding hydrogens is 259 g/mol. The van der Waals surface area contributed by atoms with Gasteiger partial charge in [-0.1, -0.05) is 29.9 Å². The third-order valence-electron chi connectivity index (χ3n) is 2.16. The first kappa shape index (κ1) is 12.0. The van der Waals surface area contributed by atoms with Gasteiger partial charge < -0.3 is 0 Å². The topological polar surface area (TPSA) is 16.1 Å². The summed E-state index contributed by atoms with van der Waals surface area (Å²) in [6.07, 6.45) is 0. The Morgan fingerprint density at radius 3 is 2.47 bits per heavy atom. The van der Waals surface area contributed by atoms with Gasteiger partial charge in [-0.2, -0.15) is 0 Å². The van der Waals surface area contributed by atoms with Crippen LogP contribution in [0.15, 0.2) is 42.5 Å². The lowest BCUT2D eigenvalue weighted by atomic mass is 10.3. The molecule has 17 heavy (non-hydrogen) atoms. The van der Waals surface area contributed by atoms with E-state index >= 15 is 0 Å². The Bertz CT molecular complexity index is 530. The molecule has 86 valence electrons. The lowest BCUT2D eigenvalue weighted by Crippen LogP contribution is -2.14. The first-order valence-corrected chi connectivity index (χ1v) is 5.68. The number of hydrogen-bond donors (Lipinski definition) is 0. The highest BCUT2D eigenvalue weighted by atomic mass is 35.5. The van der Waals surface area contributed by atoms with Crippen LogP contribution in [0.5, 0.6) is 0 Å². The van der Waals surface area contributed by atoms with Crippen molar-refractivity contribution in [2.45, 2.75) is 0 Å². The molecule has 0 bridgehead atoms. The van der Waals surface area contributed by atoms with Gasteiger partial charge in [-0.25, -0.2) is 9.37 Å². The van der Waals surface area contributed by atoms with E-state index in [1.807, 2.05) is 0 Å². The molecular formula is C12H8ClFN2S. The fraction of sp³-hybridized carbons (Fsp3) is 0. The fourth-order valence-electron chi connectivity index (χ4n) is 1.38. The maximum atomic E-state index is 12.8. The number of rotatable bonds is 3. The average molecular weight is 267 g/mol. The van der Waals surface area contributed by atoms with Crippen LogP contribution in [0.4, 0.5) is 15.9 Å².